The fourth-order valence-corrected chi connectivity index (χ4v) is 2.10. The summed E-state index contributed by atoms with van der Waals surface area (Å²) >= 11 is 0. The van der Waals surface area contributed by atoms with Crippen LogP contribution in [0.4, 0.5) is 0 Å². The van der Waals surface area contributed by atoms with Crippen molar-refractivity contribution >= 4 is 5.91 Å². The Labute approximate surface area is 103 Å². The van der Waals surface area contributed by atoms with Crippen LogP contribution in [-0.2, 0) is 9.53 Å². The zero-order chi connectivity index (χ0) is 12.8. The van der Waals surface area contributed by atoms with Gasteiger partial charge in [0, 0.05) is 19.6 Å². The molecule has 3 atom stereocenters. The van der Waals surface area contributed by atoms with Gasteiger partial charge in [-0.1, -0.05) is 6.92 Å². The lowest BCUT2D eigenvalue weighted by Crippen LogP contribution is -2.46. The Bertz CT molecular complexity index is 246. The number of carbonyl (C=O) groups excluding carboxylic acids is 1. The van der Waals surface area contributed by atoms with Crippen molar-refractivity contribution in [1.82, 2.24) is 10.2 Å². The molecule has 1 aliphatic heterocycles. The van der Waals surface area contributed by atoms with Crippen LogP contribution in [0.1, 0.15) is 20.3 Å². The summed E-state index contributed by atoms with van der Waals surface area (Å²) in [5.74, 6) is -0.0673. The van der Waals surface area contributed by atoms with Gasteiger partial charge in [0.1, 0.15) is 0 Å². The van der Waals surface area contributed by atoms with Crippen molar-refractivity contribution in [2.45, 2.75) is 32.4 Å². The van der Waals surface area contributed by atoms with Crippen LogP contribution in [0.2, 0.25) is 0 Å². The number of ether oxygens (including phenoxy) is 1. The van der Waals surface area contributed by atoms with Crippen LogP contribution in [0.3, 0.4) is 0 Å². The molecule has 1 amide bonds. The van der Waals surface area contributed by atoms with Crippen molar-refractivity contribution in [3.05, 3.63) is 0 Å². The number of carbonyl (C=O) groups is 1. The normalized spacial score (nSPS) is 25.9. The molecule has 5 heteroatoms. The molecular formula is C12H24N2O3. The fourth-order valence-electron chi connectivity index (χ4n) is 2.10. The second-order valence-electron chi connectivity index (χ2n) is 4.77. The molecule has 0 saturated carbocycles. The average molecular weight is 244 g/mol. The number of aliphatic hydroxyl groups is 1. The first-order valence-electron chi connectivity index (χ1n) is 6.30. The van der Waals surface area contributed by atoms with E-state index in [1.807, 2.05) is 0 Å². The Morgan fingerprint density at radius 2 is 2.29 bits per heavy atom. The summed E-state index contributed by atoms with van der Waals surface area (Å²) in [6.07, 6.45) is 0.550. The van der Waals surface area contributed by atoms with Gasteiger partial charge in [-0.25, -0.2) is 0 Å². The third-order valence-corrected chi connectivity index (χ3v) is 2.97. The number of hydrogen-bond acceptors (Lipinski definition) is 4. The van der Waals surface area contributed by atoms with E-state index in [4.69, 9.17) is 4.74 Å². The maximum Gasteiger partial charge on any atom is 0.229 e. The molecule has 1 rings (SSSR count). The summed E-state index contributed by atoms with van der Waals surface area (Å²) in [5.41, 5.74) is 0. The van der Waals surface area contributed by atoms with Gasteiger partial charge in [-0.05, 0) is 19.9 Å². The molecule has 0 bridgehead atoms. The molecule has 5 nitrogen and oxygen atoms in total. The number of likely N-dealkylation sites (N-methyl/N-ethyl adjacent to an activating group) is 1. The van der Waals surface area contributed by atoms with E-state index in [0.717, 1.165) is 13.0 Å². The van der Waals surface area contributed by atoms with E-state index in [9.17, 15) is 9.90 Å². The standard InChI is InChI=1S/C12H24N2O3/c1-4-5-13-11-8-17-7-10(11)12(16)14(3)6-9(2)15/h9-11,13,15H,4-8H2,1-3H3. The van der Waals surface area contributed by atoms with Crippen LogP contribution in [0.25, 0.3) is 0 Å². The minimum absolute atomic E-state index is 0.0528. The molecule has 0 aromatic rings. The smallest absolute Gasteiger partial charge is 0.229 e. The minimum atomic E-state index is -0.492. The van der Waals surface area contributed by atoms with Crippen LogP contribution < -0.4 is 5.32 Å². The Morgan fingerprint density at radius 1 is 1.59 bits per heavy atom. The Morgan fingerprint density at radius 3 is 2.88 bits per heavy atom. The van der Waals surface area contributed by atoms with E-state index in [2.05, 4.69) is 12.2 Å². The first-order valence-corrected chi connectivity index (χ1v) is 6.30. The van der Waals surface area contributed by atoms with E-state index in [1.165, 1.54) is 0 Å². The van der Waals surface area contributed by atoms with Gasteiger partial charge in [0.2, 0.25) is 5.91 Å². The molecule has 2 N–H and O–H groups in total. The zero-order valence-corrected chi connectivity index (χ0v) is 11.0. The van der Waals surface area contributed by atoms with Gasteiger partial charge in [-0.15, -0.1) is 0 Å². The molecule has 0 radical (unpaired) electrons. The summed E-state index contributed by atoms with van der Waals surface area (Å²) in [6, 6.07) is 0.110. The molecule has 3 unspecified atom stereocenters. The maximum absolute atomic E-state index is 12.1. The van der Waals surface area contributed by atoms with Gasteiger partial charge in [0.05, 0.1) is 25.2 Å². The summed E-state index contributed by atoms with van der Waals surface area (Å²) in [6.45, 7) is 6.12. The van der Waals surface area contributed by atoms with Crippen molar-refractivity contribution in [3.8, 4) is 0 Å². The maximum atomic E-state index is 12.1. The highest BCUT2D eigenvalue weighted by molar-refractivity contribution is 5.79. The lowest BCUT2D eigenvalue weighted by Gasteiger charge is -2.25. The lowest BCUT2D eigenvalue weighted by molar-refractivity contribution is -0.135. The van der Waals surface area contributed by atoms with Gasteiger partial charge in [0.15, 0.2) is 0 Å². The highest BCUT2D eigenvalue weighted by Crippen LogP contribution is 2.16. The monoisotopic (exact) mass is 244 g/mol. The summed E-state index contributed by atoms with van der Waals surface area (Å²) in [5, 5.41) is 12.6. The lowest BCUT2D eigenvalue weighted by atomic mass is 10.0. The Hall–Kier alpha value is -0.650. The number of nitrogens with zero attached hydrogens (tertiary/aromatic N) is 1. The number of rotatable bonds is 6. The molecule has 1 saturated heterocycles. The van der Waals surface area contributed by atoms with Crippen molar-refractivity contribution in [2.24, 2.45) is 5.92 Å². The Kier molecular flexibility index (Phi) is 5.88. The van der Waals surface area contributed by atoms with E-state index in [1.54, 1.807) is 18.9 Å². The van der Waals surface area contributed by atoms with E-state index in [-0.39, 0.29) is 17.9 Å². The highest BCUT2D eigenvalue weighted by Gasteiger charge is 2.35. The Balaban J connectivity index is 2.48. The van der Waals surface area contributed by atoms with Crippen molar-refractivity contribution in [1.29, 1.82) is 0 Å². The van der Waals surface area contributed by atoms with Crippen LogP contribution in [0, 0.1) is 5.92 Å². The molecule has 1 aliphatic rings. The van der Waals surface area contributed by atoms with E-state index >= 15 is 0 Å². The van der Waals surface area contributed by atoms with Crippen LogP contribution in [0.15, 0.2) is 0 Å². The topological polar surface area (TPSA) is 61.8 Å². The molecule has 17 heavy (non-hydrogen) atoms. The SMILES string of the molecule is CCCNC1COCC1C(=O)N(C)CC(C)O. The van der Waals surface area contributed by atoms with Crippen molar-refractivity contribution < 1.29 is 14.6 Å². The number of nitrogens with one attached hydrogen (secondary N) is 1. The molecule has 0 aromatic carbocycles. The quantitative estimate of drug-likeness (QED) is 0.681. The molecule has 0 spiro atoms. The molecule has 1 heterocycles. The molecule has 100 valence electrons. The largest absolute Gasteiger partial charge is 0.392 e. The van der Waals surface area contributed by atoms with Gasteiger partial charge in [-0.3, -0.25) is 4.79 Å². The molecular weight excluding hydrogens is 220 g/mol. The predicted octanol–water partition coefficient (Wildman–Crippen LogP) is -0.160. The third kappa shape index (κ3) is 4.26. The number of aliphatic hydroxyl groups excluding tert-OH is 1. The fraction of sp³-hybridized carbons (Fsp3) is 0.917. The second-order valence-corrected chi connectivity index (χ2v) is 4.77. The van der Waals surface area contributed by atoms with E-state index in [0.29, 0.717) is 19.8 Å². The molecule has 0 aliphatic carbocycles. The average Bonchev–Trinajstić information content (AvgIpc) is 2.72. The van der Waals surface area contributed by atoms with Crippen molar-refractivity contribution in [3.63, 3.8) is 0 Å². The van der Waals surface area contributed by atoms with Gasteiger partial charge < -0.3 is 20.1 Å². The molecule has 1 fully saturated rings. The second kappa shape index (κ2) is 6.93. The summed E-state index contributed by atoms with van der Waals surface area (Å²) in [7, 11) is 1.73. The van der Waals surface area contributed by atoms with E-state index < -0.39 is 6.10 Å². The zero-order valence-electron chi connectivity index (χ0n) is 11.0. The molecule has 0 aromatic heterocycles. The van der Waals surface area contributed by atoms with Crippen LogP contribution >= 0.6 is 0 Å². The number of hydrogen-bond donors (Lipinski definition) is 2. The van der Waals surface area contributed by atoms with Gasteiger partial charge in [0.25, 0.3) is 0 Å². The third-order valence-electron chi connectivity index (χ3n) is 2.97. The predicted molar refractivity (Wildman–Crippen MR) is 65.7 cm³/mol. The number of amides is 1. The minimum Gasteiger partial charge on any atom is -0.392 e. The highest BCUT2D eigenvalue weighted by atomic mass is 16.5. The summed E-state index contributed by atoms with van der Waals surface area (Å²) in [4.78, 5) is 13.7. The van der Waals surface area contributed by atoms with Crippen LogP contribution in [0.5, 0.6) is 0 Å². The summed E-state index contributed by atoms with van der Waals surface area (Å²) < 4.78 is 5.37. The van der Waals surface area contributed by atoms with Crippen LogP contribution in [-0.4, -0.2) is 61.4 Å². The van der Waals surface area contributed by atoms with Gasteiger partial charge in [-0.2, -0.15) is 0 Å². The first kappa shape index (κ1) is 14.4. The van der Waals surface area contributed by atoms with Crippen molar-refractivity contribution in [2.75, 3.05) is 33.4 Å². The first-order chi connectivity index (χ1) is 8.06. The van der Waals surface area contributed by atoms with Gasteiger partial charge >= 0.3 is 0 Å².